The zero-order valence-corrected chi connectivity index (χ0v) is 35.9. The average molecular weight is 817 g/mol. The second-order valence-electron chi connectivity index (χ2n) is 18.1. The van der Waals surface area contributed by atoms with Crippen molar-refractivity contribution < 1.29 is 0 Å². The van der Waals surface area contributed by atoms with Gasteiger partial charge in [0.05, 0.1) is 22.2 Å². The first-order valence-corrected chi connectivity index (χ1v) is 23.0. The predicted octanol–water partition coefficient (Wildman–Crippen LogP) is 16.1. The first-order valence-electron chi connectivity index (χ1n) is 23.0. The molecular weight excluding hydrogens is 773 g/mol. The van der Waals surface area contributed by atoms with Crippen molar-refractivity contribution >= 4 is 44.4 Å². The molecule has 0 bridgehead atoms. The summed E-state index contributed by atoms with van der Waals surface area (Å²) in [6, 6.07) is 52.9. The van der Waals surface area contributed by atoms with Gasteiger partial charge in [-0.2, -0.15) is 0 Å². The lowest BCUT2D eigenvalue weighted by atomic mass is 9.70. The van der Waals surface area contributed by atoms with Gasteiger partial charge in [0.1, 0.15) is 0 Å². The maximum absolute atomic E-state index is 4.15. The molecule has 0 fully saturated rings. The van der Waals surface area contributed by atoms with E-state index >= 15 is 0 Å². The normalized spacial score (nSPS) is 15.5. The molecule has 9 aromatic rings. The van der Waals surface area contributed by atoms with Crippen LogP contribution in [0.2, 0.25) is 0 Å². The average Bonchev–Trinajstić information content (AvgIpc) is 4.00. The summed E-state index contributed by atoms with van der Waals surface area (Å²) in [5.74, 6) is 0. The van der Waals surface area contributed by atoms with E-state index < -0.39 is 0 Å². The first kappa shape index (κ1) is 35.9. The number of fused-ring (bicyclic) bond motifs is 14. The molecule has 302 valence electrons. The quantitative estimate of drug-likeness (QED) is 0.148. The highest BCUT2D eigenvalue weighted by molar-refractivity contribution is 6.15. The third kappa shape index (κ3) is 4.80. The Morgan fingerprint density at radius 2 is 1.31 bits per heavy atom. The summed E-state index contributed by atoms with van der Waals surface area (Å²) in [6.45, 7) is 6.44. The van der Waals surface area contributed by atoms with E-state index in [1.54, 1.807) is 0 Å². The highest BCUT2D eigenvalue weighted by atomic mass is 15.0. The van der Waals surface area contributed by atoms with Gasteiger partial charge in [-0.1, -0.05) is 134 Å². The number of rotatable bonds is 6. The molecule has 2 heteroatoms. The Morgan fingerprint density at radius 3 is 2.19 bits per heavy atom. The number of allylic oxidation sites excluding steroid dienone is 10. The Hall–Kier alpha value is -7.68. The van der Waals surface area contributed by atoms with E-state index in [1.165, 1.54) is 144 Å². The second-order valence-corrected chi connectivity index (χ2v) is 18.1. The summed E-state index contributed by atoms with van der Waals surface area (Å²) in [4.78, 5) is 0. The van der Waals surface area contributed by atoms with E-state index in [-0.39, 0.29) is 0 Å². The number of aromatic nitrogens is 2. The highest BCUT2D eigenvalue weighted by Gasteiger charge is 2.34. The van der Waals surface area contributed by atoms with Gasteiger partial charge in [-0.25, -0.2) is 0 Å². The van der Waals surface area contributed by atoms with Crippen LogP contribution in [0, 0.1) is 0 Å². The van der Waals surface area contributed by atoms with Gasteiger partial charge in [-0.15, -0.1) is 0 Å². The van der Waals surface area contributed by atoms with Crippen molar-refractivity contribution in [2.45, 2.75) is 39.0 Å². The first-order chi connectivity index (χ1) is 31.7. The summed E-state index contributed by atoms with van der Waals surface area (Å²) >= 11 is 0. The third-order valence-corrected chi connectivity index (χ3v) is 15.0. The lowest BCUT2D eigenvalue weighted by molar-refractivity contribution is 0.968. The van der Waals surface area contributed by atoms with Gasteiger partial charge >= 0.3 is 0 Å². The van der Waals surface area contributed by atoms with Gasteiger partial charge in [0, 0.05) is 33.1 Å². The number of aryl methyl sites for hydroxylation is 1. The lowest BCUT2D eigenvalue weighted by Crippen LogP contribution is -2.15. The summed E-state index contributed by atoms with van der Waals surface area (Å²) in [7, 11) is 0. The molecule has 0 atom stereocenters. The molecule has 2 aromatic heterocycles. The Balaban J connectivity index is 0.869. The van der Waals surface area contributed by atoms with E-state index in [0.29, 0.717) is 0 Å². The minimum atomic E-state index is 0.935. The Labute approximate surface area is 373 Å². The van der Waals surface area contributed by atoms with Crippen LogP contribution >= 0.6 is 0 Å². The van der Waals surface area contributed by atoms with Crippen molar-refractivity contribution in [3.63, 3.8) is 0 Å². The Bertz CT molecular complexity index is 3770. The van der Waals surface area contributed by atoms with E-state index in [4.69, 9.17) is 0 Å². The van der Waals surface area contributed by atoms with Crippen molar-refractivity contribution in [1.29, 1.82) is 0 Å². The minimum absolute atomic E-state index is 0.935. The fourth-order valence-corrected chi connectivity index (χ4v) is 12.2. The molecule has 0 radical (unpaired) electrons. The van der Waals surface area contributed by atoms with Crippen LogP contribution < -0.4 is 0 Å². The number of hydrogen-bond donors (Lipinski definition) is 0. The fourth-order valence-electron chi connectivity index (χ4n) is 12.2. The van der Waals surface area contributed by atoms with Crippen LogP contribution in [0.1, 0.15) is 54.1 Å². The maximum atomic E-state index is 4.15. The topological polar surface area (TPSA) is 9.86 Å². The van der Waals surface area contributed by atoms with Crippen LogP contribution in [0.15, 0.2) is 199 Å². The van der Waals surface area contributed by atoms with Crippen LogP contribution in [0.3, 0.4) is 0 Å². The van der Waals surface area contributed by atoms with Gasteiger partial charge < -0.3 is 9.13 Å². The molecule has 14 rings (SSSR count). The molecule has 0 unspecified atom stereocenters. The third-order valence-electron chi connectivity index (χ3n) is 15.0. The second kappa shape index (κ2) is 13.4. The molecule has 0 spiro atoms. The van der Waals surface area contributed by atoms with Crippen molar-refractivity contribution in [2.75, 3.05) is 0 Å². The van der Waals surface area contributed by atoms with E-state index in [2.05, 4.69) is 193 Å². The molecule has 7 aromatic carbocycles. The van der Waals surface area contributed by atoms with Gasteiger partial charge in [0.15, 0.2) is 0 Å². The molecule has 5 aliphatic carbocycles. The molecule has 64 heavy (non-hydrogen) atoms. The smallest absolute Gasteiger partial charge is 0.0547 e. The fraction of sp³-hybridized carbons (Fsp3) is 0.0968. The van der Waals surface area contributed by atoms with E-state index in [1.807, 2.05) is 6.08 Å². The summed E-state index contributed by atoms with van der Waals surface area (Å²) < 4.78 is 4.98. The number of para-hydroxylation sites is 2. The monoisotopic (exact) mass is 816 g/mol. The predicted molar refractivity (Wildman–Crippen MR) is 269 cm³/mol. The lowest BCUT2D eigenvalue weighted by Gasteiger charge is -2.33. The summed E-state index contributed by atoms with van der Waals surface area (Å²) in [5, 5.41) is 3.90. The van der Waals surface area contributed by atoms with Gasteiger partial charge in [0.25, 0.3) is 0 Å². The van der Waals surface area contributed by atoms with Crippen LogP contribution in [0.4, 0.5) is 0 Å². The van der Waals surface area contributed by atoms with Crippen LogP contribution in [0.25, 0.3) is 100 Å². The molecule has 0 N–H and O–H groups in total. The summed E-state index contributed by atoms with van der Waals surface area (Å²) in [5.41, 5.74) is 30.6. The molecular formula is C62H44N2. The Kier molecular flexibility index (Phi) is 7.52. The molecule has 0 aliphatic heterocycles. The zero-order valence-electron chi connectivity index (χ0n) is 35.9. The highest BCUT2D eigenvalue weighted by Crippen LogP contribution is 2.56. The largest absolute Gasteiger partial charge is 0.310 e. The molecule has 0 amide bonds. The van der Waals surface area contributed by atoms with Crippen LogP contribution in [-0.2, 0) is 12.8 Å². The van der Waals surface area contributed by atoms with Crippen molar-refractivity contribution in [2.24, 2.45) is 0 Å². The van der Waals surface area contributed by atoms with Gasteiger partial charge in [-0.3, -0.25) is 0 Å². The minimum Gasteiger partial charge on any atom is -0.310 e. The summed E-state index contributed by atoms with van der Waals surface area (Å²) in [6.07, 6.45) is 19.0. The standard InChI is InChI=1S/C62H44N2/c1-3-15-48(60-37(2)41-16-4-5-20-49(41)60)43-22-13-23-44-52-34-38(30-31-39(52)35-53(43)44)42-21-12-24-50-61(42)51-25-14-29-59(62(50)51)64-57-28-11-8-19-47(57)54-36-40(32-33-58(54)64)63-55-26-9-6-17-45(55)46-18-7-10-27-56(46)63/h3,6,8-17,19-34,36H,1,4-5,7,18,35H2,2H3/b48-15-. The van der Waals surface area contributed by atoms with Crippen molar-refractivity contribution in [3.8, 4) is 55.9 Å². The molecule has 0 saturated carbocycles. The number of benzene rings is 7. The zero-order chi connectivity index (χ0) is 42.2. The van der Waals surface area contributed by atoms with Crippen LogP contribution in [0.5, 0.6) is 0 Å². The number of nitrogens with zero attached hydrogens (tertiary/aromatic N) is 2. The van der Waals surface area contributed by atoms with Crippen molar-refractivity contribution in [3.05, 3.63) is 227 Å². The van der Waals surface area contributed by atoms with Crippen molar-refractivity contribution in [1.82, 2.24) is 9.13 Å². The van der Waals surface area contributed by atoms with E-state index in [0.717, 1.165) is 32.1 Å². The van der Waals surface area contributed by atoms with Gasteiger partial charge in [-0.05, 0) is 177 Å². The van der Waals surface area contributed by atoms with Gasteiger partial charge in [0.2, 0.25) is 0 Å². The molecule has 2 heterocycles. The maximum Gasteiger partial charge on any atom is 0.0547 e. The Morgan fingerprint density at radius 1 is 0.578 bits per heavy atom. The molecule has 2 nitrogen and oxygen atoms in total. The van der Waals surface area contributed by atoms with Crippen LogP contribution in [-0.4, -0.2) is 9.13 Å². The molecule has 0 saturated heterocycles. The number of hydrogen-bond acceptors (Lipinski definition) is 0. The SMILES string of the molecule is C=C/C=C(\C1=C(C)C2=CCCC=C21)c1cccc2c1Cc1ccc(-c3cccc4c3-c3cccc(-n5c6ccccc6c6cc(-n7c8c(c9ccccc97)CCC=C8)ccc65)c3-4)cc1-2. The van der Waals surface area contributed by atoms with E-state index in [9.17, 15) is 0 Å². The molecule has 5 aliphatic rings.